The molecule has 4 heteroatoms. The smallest absolute Gasteiger partial charge is 0.254 e. The normalized spacial score (nSPS) is 12.5. The Bertz CT molecular complexity index is 736. The Morgan fingerprint density at radius 3 is 2.67 bits per heavy atom. The number of hydrogen-bond acceptors (Lipinski definition) is 3. The van der Waals surface area contributed by atoms with E-state index in [0.717, 1.165) is 38.0 Å². The Kier molecular flexibility index (Phi) is 5.70. The van der Waals surface area contributed by atoms with E-state index in [1.165, 1.54) is 11.1 Å². The van der Waals surface area contributed by atoms with Gasteiger partial charge in [-0.05, 0) is 17.5 Å². The van der Waals surface area contributed by atoms with Gasteiger partial charge in [-0.2, -0.15) is 0 Å². The van der Waals surface area contributed by atoms with E-state index in [1.807, 2.05) is 22.8 Å². The van der Waals surface area contributed by atoms with E-state index < -0.39 is 0 Å². The molecular formula is C20H25NO3. The maximum Gasteiger partial charge on any atom is 0.254 e. The quantitative estimate of drug-likeness (QED) is 0.596. The number of benzene rings is 1. The van der Waals surface area contributed by atoms with Crippen molar-refractivity contribution in [1.82, 2.24) is 4.57 Å². The van der Waals surface area contributed by atoms with Crippen LogP contribution in [0.15, 0.2) is 41.2 Å². The number of fused-ring (bicyclic) bond motifs is 2. The molecule has 0 fully saturated rings. The summed E-state index contributed by atoms with van der Waals surface area (Å²) in [4.78, 5) is 12.4. The van der Waals surface area contributed by atoms with Crippen LogP contribution in [0.25, 0.3) is 0 Å². The molecule has 1 aliphatic rings. The average Bonchev–Trinajstić information content (AvgIpc) is 2.59. The van der Waals surface area contributed by atoms with E-state index in [-0.39, 0.29) is 5.56 Å². The Morgan fingerprint density at radius 2 is 1.83 bits per heavy atom. The molecule has 1 aromatic heterocycles. The van der Waals surface area contributed by atoms with Gasteiger partial charge in [0, 0.05) is 43.9 Å². The molecule has 0 aliphatic carbocycles. The van der Waals surface area contributed by atoms with Gasteiger partial charge in [-0.25, -0.2) is 0 Å². The first-order valence-corrected chi connectivity index (χ1v) is 8.79. The van der Waals surface area contributed by atoms with Crippen LogP contribution in [0, 0.1) is 0 Å². The van der Waals surface area contributed by atoms with Crippen LogP contribution in [0.3, 0.4) is 0 Å². The molecule has 0 radical (unpaired) electrons. The highest BCUT2D eigenvalue weighted by atomic mass is 16.5. The molecule has 3 rings (SSSR count). The molecule has 0 saturated carbocycles. The average molecular weight is 327 g/mol. The lowest BCUT2D eigenvalue weighted by atomic mass is 9.98. The molecule has 0 spiro atoms. The maximum absolute atomic E-state index is 12.4. The highest BCUT2D eigenvalue weighted by Gasteiger charge is 2.16. The van der Waals surface area contributed by atoms with Crippen molar-refractivity contribution in [3.63, 3.8) is 0 Å². The summed E-state index contributed by atoms with van der Waals surface area (Å²) in [5.74, 6) is 0.666. The molecule has 0 unspecified atom stereocenters. The number of pyridine rings is 1. The SMILES string of the molecule is CCCCOCCCOc1cc2n(c(=O)c1)Cc1ccccc1C2. The molecule has 128 valence electrons. The highest BCUT2D eigenvalue weighted by molar-refractivity contribution is 5.37. The summed E-state index contributed by atoms with van der Waals surface area (Å²) in [6, 6.07) is 11.9. The molecule has 0 N–H and O–H groups in total. The van der Waals surface area contributed by atoms with Gasteiger partial charge in [0.2, 0.25) is 0 Å². The van der Waals surface area contributed by atoms with E-state index in [2.05, 4.69) is 19.1 Å². The van der Waals surface area contributed by atoms with E-state index in [9.17, 15) is 4.79 Å². The molecule has 24 heavy (non-hydrogen) atoms. The molecule has 0 amide bonds. The van der Waals surface area contributed by atoms with Crippen molar-refractivity contribution in [2.45, 2.75) is 39.2 Å². The minimum Gasteiger partial charge on any atom is -0.493 e. The van der Waals surface area contributed by atoms with Crippen LogP contribution < -0.4 is 10.3 Å². The third-order valence-corrected chi connectivity index (χ3v) is 4.35. The van der Waals surface area contributed by atoms with Crippen molar-refractivity contribution >= 4 is 0 Å². The molecule has 2 aromatic rings. The van der Waals surface area contributed by atoms with Crippen molar-refractivity contribution in [3.8, 4) is 5.75 Å². The number of nitrogens with zero attached hydrogens (tertiary/aromatic N) is 1. The summed E-state index contributed by atoms with van der Waals surface area (Å²) >= 11 is 0. The summed E-state index contributed by atoms with van der Waals surface area (Å²) in [6.45, 7) is 4.90. The lowest BCUT2D eigenvalue weighted by molar-refractivity contribution is 0.117. The molecular weight excluding hydrogens is 302 g/mol. The molecule has 1 aromatic carbocycles. The standard InChI is InChI=1S/C20H25NO3/c1-2-3-9-23-10-6-11-24-19-13-18-12-16-7-4-5-8-17(16)15-21(18)20(22)14-19/h4-5,7-8,13-14H,2-3,6,9-12,15H2,1H3. The second-order valence-corrected chi connectivity index (χ2v) is 6.22. The van der Waals surface area contributed by atoms with Gasteiger partial charge in [-0.3, -0.25) is 4.79 Å². The fraction of sp³-hybridized carbons (Fsp3) is 0.450. The van der Waals surface area contributed by atoms with Crippen LogP contribution in [-0.4, -0.2) is 24.4 Å². The first-order valence-electron chi connectivity index (χ1n) is 8.79. The predicted molar refractivity (Wildman–Crippen MR) is 94.9 cm³/mol. The second kappa shape index (κ2) is 8.15. The first-order chi connectivity index (χ1) is 11.8. The fourth-order valence-electron chi connectivity index (χ4n) is 2.98. The number of unbranched alkanes of at least 4 members (excludes halogenated alkanes) is 1. The third kappa shape index (κ3) is 4.06. The van der Waals surface area contributed by atoms with E-state index >= 15 is 0 Å². The van der Waals surface area contributed by atoms with Gasteiger partial charge in [-0.1, -0.05) is 37.6 Å². The Balaban J connectivity index is 1.58. The minimum absolute atomic E-state index is 0.0104. The number of aromatic nitrogens is 1. The monoisotopic (exact) mass is 327 g/mol. The van der Waals surface area contributed by atoms with Gasteiger partial charge < -0.3 is 14.0 Å². The van der Waals surface area contributed by atoms with Crippen molar-refractivity contribution < 1.29 is 9.47 Å². The summed E-state index contributed by atoms with van der Waals surface area (Å²) in [6.07, 6.45) is 3.87. The van der Waals surface area contributed by atoms with Crippen LogP contribution in [0.4, 0.5) is 0 Å². The zero-order valence-corrected chi connectivity index (χ0v) is 14.3. The van der Waals surface area contributed by atoms with Gasteiger partial charge in [0.25, 0.3) is 5.56 Å². The summed E-state index contributed by atoms with van der Waals surface area (Å²) in [7, 11) is 0. The van der Waals surface area contributed by atoms with Gasteiger partial charge in [0.15, 0.2) is 0 Å². The lowest BCUT2D eigenvalue weighted by Crippen LogP contribution is -2.27. The maximum atomic E-state index is 12.4. The zero-order chi connectivity index (χ0) is 16.8. The Morgan fingerprint density at radius 1 is 1.04 bits per heavy atom. The van der Waals surface area contributed by atoms with Crippen LogP contribution in [0.1, 0.15) is 43.0 Å². The highest BCUT2D eigenvalue weighted by Crippen LogP contribution is 2.23. The molecule has 4 nitrogen and oxygen atoms in total. The molecule has 1 aliphatic heterocycles. The molecule has 0 bridgehead atoms. The van der Waals surface area contributed by atoms with Gasteiger partial charge in [0.05, 0.1) is 13.2 Å². The second-order valence-electron chi connectivity index (χ2n) is 6.22. The minimum atomic E-state index is 0.0104. The van der Waals surface area contributed by atoms with Gasteiger partial charge >= 0.3 is 0 Å². The topological polar surface area (TPSA) is 40.5 Å². The number of hydrogen-bond donors (Lipinski definition) is 0. The van der Waals surface area contributed by atoms with Crippen LogP contribution in [-0.2, 0) is 17.7 Å². The molecule has 2 heterocycles. The van der Waals surface area contributed by atoms with E-state index in [4.69, 9.17) is 9.47 Å². The summed E-state index contributed by atoms with van der Waals surface area (Å²) in [5, 5.41) is 0. The van der Waals surface area contributed by atoms with Crippen LogP contribution in [0.5, 0.6) is 5.75 Å². The van der Waals surface area contributed by atoms with Crippen molar-refractivity contribution in [1.29, 1.82) is 0 Å². The van der Waals surface area contributed by atoms with Crippen molar-refractivity contribution in [3.05, 3.63) is 63.6 Å². The predicted octanol–water partition coefficient (Wildman–Crippen LogP) is 3.39. The largest absolute Gasteiger partial charge is 0.493 e. The Hall–Kier alpha value is -2.07. The fourth-order valence-corrected chi connectivity index (χ4v) is 2.98. The van der Waals surface area contributed by atoms with Crippen LogP contribution in [0.2, 0.25) is 0 Å². The van der Waals surface area contributed by atoms with Gasteiger partial charge in [-0.15, -0.1) is 0 Å². The third-order valence-electron chi connectivity index (χ3n) is 4.35. The van der Waals surface area contributed by atoms with Crippen molar-refractivity contribution in [2.24, 2.45) is 0 Å². The number of rotatable bonds is 8. The summed E-state index contributed by atoms with van der Waals surface area (Å²) in [5.41, 5.74) is 3.55. The van der Waals surface area contributed by atoms with Crippen molar-refractivity contribution in [2.75, 3.05) is 19.8 Å². The van der Waals surface area contributed by atoms with Crippen LogP contribution >= 0.6 is 0 Å². The molecule has 0 saturated heterocycles. The summed E-state index contributed by atoms with van der Waals surface area (Å²) < 4.78 is 13.1. The van der Waals surface area contributed by atoms with E-state index in [1.54, 1.807) is 6.07 Å². The van der Waals surface area contributed by atoms with Gasteiger partial charge in [0.1, 0.15) is 5.75 Å². The zero-order valence-electron chi connectivity index (χ0n) is 14.3. The molecule has 0 atom stereocenters. The van der Waals surface area contributed by atoms with E-state index in [0.29, 0.717) is 25.5 Å². The first kappa shape index (κ1) is 16.8. The number of ether oxygens (including phenoxy) is 2. The lowest BCUT2D eigenvalue weighted by Gasteiger charge is -2.22. The Labute approximate surface area is 143 Å².